The van der Waals surface area contributed by atoms with Gasteiger partial charge in [0.2, 0.25) is 10.0 Å². The highest BCUT2D eigenvalue weighted by molar-refractivity contribution is 9.10. The predicted molar refractivity (Wildman–Crippen MR) is 79.7 cm³/mol. The second-order valence-electron chi connectivity index (χ2n) is 4.90. The molecule has 1 heterocycles. The molecule has 1 saturated heterocycles. The van der Waals surface area contributed by atoms with Crippen LogP contribution in [0.15, 0.2) is 27.6 Å². The SMILES string of the molecule is O=C(O)c1ccc(Br)c(S(=O)(=O)N2CCCCC2CO)c1. The Labute approximate surface area is 131 Å². The lowest BCUT2D eigenvalue weighted by Gasteiger charge is -2.33. The molecule has 0 aromatic heterocycles. The van der Waals surface area contributed by atoms with Crippen molar-refractivity contribution >= 4 is 31.9 Å². The van der Waals surface area contributed by atoms with Gasteiger partial charge in [0.15, 0.2) is 0 Å². The zero-order valence-electron chi connectivity index (χ0n) is 11.2. The molecule has 116 valence electrons. The first-order valence-corrected chi connectivity index (χ1v) is 8.76. The smallest absolute Gasteiger partial charge is 0.335 e. The molecule has 1 aliphatic heterocycles. The number of benzene rings is 1. The fraction of sp³-hybridized carbons (Fsp3) is 0.462. The van der Waals surface area contributed by atoms with Gasteiger partial charge in [-0.1, -0.05) is 6.42 Å². The van der Waals surface area contributed by atoms with E-state index in [9.17, 15) is 18.3 Å². The number of aliphatic hydroxyl groups is 1. The molecular weight excluding hydrogens is 362 g/mol. The molecule has 0 saturated carbocycles. The van der Waals surface area contributed by atoms with E-state index in [4.69, 9.17) is 5.11 Å². The van der Waals surface area contributed by atoms with Crippen LogP contribution in [0.5, 0.6) is 0 Å². The van der Waals surface area contributed by atoms with Crippen LogP contribution in [0, 0.1) is 0 Å². The molecule has 1 aromatic rings. The van der Waals surface area contributed by atoms with Crippen LogP contribution >= 0.6 is 15.9 Å². The summed E-state index contributed by atoms with van der Waals surface area (Å²) in [4.78, 5) is 10.9. The van der Waals surface area contributed by atoms with Gasteiger partial charge in [0, 0.05) is 17.1 Å². The lowest BCUT2D eigenvalue weighted by molar-refractivity contribution is 0.0696. The molecule has 1 fully saturated rings. The quantitative estimate of drug-likeness (QED) is 0.832. The lowest BCUT2D eigenvalue weighted by atomic mass is 10.1. The molecule has 1 atom stereocenters. The van der Waals surface area contributed by atoms with Crippen LogP contribution in [0.2, 0.25) is 0 Å². The summed E-state index contributed by atoms with van der Waals surface area (Å²) in [6, 6.07) is 3.44. The minimum atomic E-state index is -3.85. The number of carbonyl (C=O) groups is 1. The second kappa shape index (κ2) is 6.43. The Bertz CT molecular complexity index is 646. The highest BCUT2D eigenvalue weighted by Gasteiger charge is 2.34. The number of piperidine rings is 1. The summed E-state index contributed by atoms with van der Waals surface area (Å²) in [5.74, 6) is -1.18. The van der Waals surface area contributed by atoms with E-state index in [1.165, 1.54) is 16.4 Å². The fourth-order valence-electron chi connectivity index (χ4n) is 2.43. The zero-order chi connectivity index (χ0) is 15.6. The van der Waals surface area contributed by atoms with Crippen molar-refractivity contribution in [2.45, 2.75) is 30.2 Å². The van der Waals surface area contributed by atoms with Crippen molar-refractivity contribution in [1.29, 1.82) is 0 Å². The molecule has 0 spiro atoms. The third-order valence-electron chi connectivity index (χ3n) is 3.55. The number of hydrogen-bond acceptors (Lipinski definition) is 4. The van der Waals surface area contributed by atoms with Crippen molar-refractivity contribution in [1.82, 2.24) is 4.31 Å². The fourth-order valence-corrected chi connectivity index (χ4v) is 5.07. The first-order valence-electron chi connectivity index (χ1n) is 6.53. The number of hydrogen-bond donors (Lipinski definition) is 2. The van der Waals surface area contributed by atoms with Crippen LogP contribution in [-0.2, 0) is 10.0 Å². The van der Waals surface area contributed by atoms with Crippen molar-refractivity contribution < 1.29 is 23.4 Å². The number of aliphatic hydroxyl groups excluding tert-OH is 1. The summed E-state index contributed by atoms with van der Waals surface area (Å²) < 4.78 is 27.1. The Kier molecular flexibility index (Phi) is 5.03. The second-order valence-corrected chi connectivity index (χ2v) is 7.61. The van der Waals surface area contributed by atoms with Crippen molar-refractivity contribution in [3.63, 3.8) is 0 Å². The van der Waals surface area contributed by atoms with Gasteiger partial charge < -0.3 is 10.2 Å². The first-order chi connectivity index (χ1) is 9.87. The Morgan fingerprint density at radius 1 is 1.38 bits per heavy atom. The minimum absolute atomic E-state index is 0.0808. The molecule has 1 unspecified atom stereocenters. The zero-order valence-corrected chi connectivity index (χ0v) is 13.6. The molecule has 21 heavy (non-hydrogen) atoms. The lowest BCUT2D eigenvalue weighted by Crippen LogP contribution is -2.45. The van der Waals surface area contributed by atoms with Gasteiger partial charge in [-0.3, -0.25) is 0 Å². The summed E-state index contributed by atoms with van der Waals surface area (Å²) in [5.41, 5.74) is -0.0886. The number of nitrogens with zero attached hydrogens (tertiary/aromatic N) is 1. The van der Waals surface area contributed by atoms with E-state index in [1.807, 2.05) is 0 Å². The van der Waals surface area contributed by atoms with Crippen LogP contribution < -0.4 is 0 Å². The number of carboxylic acids is 1. The summed E-state index contributed by atoms with van der Waals surface area (Å²) >= 11 is 3.16. The normalized spacial score (nSPS) is 20.4. The highest BCUT2D eigenvalue weighted by atomic mass is 79.9. The average molecular weight is 378 g/mol. The van der Waals surface area contributed by atoms with Gasteiger partial charge in [-0.2, -0.15) is 4.31 Å². The van der Waals surface area contributed by atoms with Gasteiger partial charge in [0.1, 0.15) is 0 Å². The maximum atomic E-state index is 12.7. The predicted octanol–water partition coefficient (Wildman–Crippen LogP) is 1.68. The Morgan fingerprint density at radius 3 is 2.71 bits per heavy atom. The monoisotopic (exact) mass is 377 g/mol. The Morgan fingerprint density at radius 2 is 2.10 bits per heavy atom. The number of halogens is 1. The van der Waals surface area contributed by atoms with Gasteiger partial charge in [-0.25, -0.2) is 13.2 Å². The molecule has 8 heteroatoms. The molecule has 6 nitrogen and oxygen atoms in total. The molecule has 2 rings (SSSR count). The van der Waals surface area contributed by atoms with Crippen LogP contribution in [0.4, 0.5) is 0 Å². The summed E-state index contributed by atoms with van der Waals surface area (Å²) in [6.07, 6.45) is 2.20. The van der Waals surface area contributed by atoms with E-state index in [0.717, 1.165) is 18.9 Å². The Hall–Kier alpha value is -0.960. The maximum Gasteiger partial charge on any atom is 0.335 e. The molecular formula is C13H16BrNO5S. The Balaban J connectivity index is 2.47. The summed E-state index contributed by atoms with van der Waals surface area (Å²) in [5, 5.41) is 18.4. The van der Waals surface area contributed by atoms with E-state index in [1.54, 1.807) is 0 Å². The van der Waals surface area contributed by atoms with Crippen molar-refractivity contribution in [3.05, 3.63) is 28.2 Å². The maximum absolute atomic E-state index is 12.7. The third-order valence-corrected chi connectivity index (χ3v) is 6.49. The van der Waals surface area contributed by atoms with Crippen molar-refractivity contribution in [3.8, 4) is 0 Å². The van der Waals surface area contributed by atoms with Crippen LogP contribution in [0.1, 0.15) is 29.6 Å². The van der Waals surface area contributed by atoms with Crippen molar-refractivity contribution in [2.24, 2.45) is 0 Å². The largest absolute Gasteiger partial charge is 0.478 e. The third kappa shape index (κ3) is 3.28. The van der Waals surface area contributed by atoms with E-state index in [-0.39, 0.29) is 17.1 Å². The van der Waals surface area contributed by atoms with E-state index in [0.29, 0.717) is 17.4 Å². The van der Waals surface area contributed by atoms with Crippen LogP contribution in [0.25, 0.3) is 0 Å². The van der Waals surface area contributed by atoms with Crippen LogP contribution in [-0.4, -0.2) is 48.1 Å². The molecule has 0 radical (unpaired) electrons. The highest BCUT2D eigenvalue weighted by Crippen LogP contribution is 2.30. The molecule has 0 bridgehead atoms. The van der Waals surface area contributed by atoms with E-state index in [2.05, 4.69) is 15.9 Å². The molecule has 1 aliphatic rings. The van der Waals surface area contributed by atoms with E-state index >= 15 is 0 Å². The number of carboxylic acid groups (broad SMARTS) is 1. The number of rotatable bonds is 4. The summed E-state index contributed by atoms with van der Waals surface area (Å²) in [6.45, 7) is 0.0900. The van der Waals surface area contributed by atoms with Gasteiger partial charge >= 0.3 is 5.97 Å². The van der Waals surface area contributed by atoms with Gasteiger partial charge in [0.05, 0.1) is 17.1 Å². The molecule has 0 aliphatic carbocycles. The first kappa shape index (κ1) is 16.4. The summed E-state index contributed by atoms with van der Waals surface area (Å²) in [7, 11) is -3.85. The molecule has 0 amide bonds. The van der Waals surface area contributed by atoms with Gasteiger partial charge in [-0.15, -0.1) is 0 Å². The van der Waals surface area contributed by atoms with Gasteiger partial charge in [0.25, 0.3) is 0 Å². The minimum Gasteiger partial charge on any atom is -0.478 e. The molecule has 1 aromatic carbocycles. The average Bonchev–Trinajstić information content (AvgIpc) is 2.47. The van der Waals surface area contributed by atoms with E-state index < -0.39 is 22.0 Å². The number of sulfonamides is 1. The topological polar surface area (TPSA) is 94.9 Å². The standard InChI is InChI=1S/C13H16BrNO5S/c14-11-5-4-9(13(17)18)7-12(11)21(19,20)15-6-2-1-3-10(15)8-16/h4-5,7,10,16H,1-3,6,8H2,(H,17,18). The van der Waals surface area contributed by atoms with Crippen molar-refractivity contribution in [2.75, 3.05) is 13.2 Å². The molecule has 2 N–H and O–H groups in total. The number of aromatic carboxylic acids is 1. The van der Waals surface area contributed by atoms with Gasteiger partial charge in [-0.05, 0) is 47.0 Å². The van der Waals surface area contributed by atoms with Crippen LogP contribution in [0.3, 0.4) is 0 Å².